The van der Waals surface area contributed by atoms with Crippen LogP contribution in [0.2, 0.25) is 0 Å². The van der Waals surface area contributed by atoms with Crippen LogP contribution in [0.1, 0.15) is 51.0 Å². The topological polar surface area (TPSA) is 9.23 Å². The molecule has 18 heavy (non-hydrogen) atoms. The van der Waals surface area contributed by atoms with Crippen LogP contribution in [0.25, 0.3) is 0 Å². The Morgan fingerprint density at radius 1 is 1.06 bits per heavy atom. The normalized spacial score (nSPS) is 12.6. The minimum atomic E-state index is 0.194. The molecule has 1 unspecified atom stereocenters. The van der Waals surface area contributed by atoms with Gasteiger partial charge in [0.05, 0.1) is 6.10 Å². The number of benzene rings is 1. The molecule has 0 aliphatic heterocycles. The van der Waals surface area contributed by atoms with Crippen molar-refractivity contribution in [1.29, 1.82) is 0 Å². The van der Waals surface area contributed by atoms with Crippen LogP contribution in [-0.2, 0) is 11.2 Å². The van der Waals surface area contributed by atoms with Gasteiger partial charge in [0.1, 0.15) is 0 Å². The Hall–Kier alpha value is -0.820. The molecule has 1 heteroatoms. The highest BCUT2D eigenvalue weighted by molar-refractivity contribution is 5.14. The van der Waals surface area contributed by atoms with Crippen molar-refractivity contribution in [3.8, 4) is 0 Å². The van der Waals surface area contributed by atoms with E-state index in [-0.39, 0.29) is 6.10 Å². The van der Waals surface area contributed by atoms with Crippen LogP contribution in [0, 0.1) is 6.92 Å². The second-order valence-corrected chi connectivity index (χ2v) is 4.93. The summed E-state index contributed by atoms with van der Waals surface area (Å²) >= 11 is 0. The molecule has 1 nitrogen and oxygen atoms in total. The van der Waals surface area contributed by atoms with E-state index in [0.717, 1.165) is 19.4 Å². The molecule has 1 aromatic carbocycles. The van der Waals surface area contributed by atoms with Crippen molar-refractivity contribution in [2.75, 3.05) is 6.61 Å². The van der Waals surface area contributed by atoms with E-state index >= 15 is 0 Å². The monoisotopic (exact) mass is 247 g/mol. The van der Waals surface area contributed by atoms with Gasteiger partial charge in [0.2, 0.25) is 0 Å². The first kappa shape index (κ1) is 15.2. The van der Waals surface area contributed by atoms with Gasteiger partial charge in [-0.1, -0.05) is 56.5 Å². The largest absolute Gasteiger partial charge is 0.378 e. The van der Waals surface area contributed by atoms with Crippen LogP contribution >= 0.6 is 0 Å². The molecule has 1 atom stereocenters. The van der Waals surface area contributed by atoms with E-state index in [0.29, 0.717) is 0 Å². The fraction of sp³-hybridized carbons (Fsp3) is 0.588. The number of ether oxygens (including phenoxy) is 1. The summed E-state index contributed by atoms with van der Waals surface area (Å²) < 4.78 is 5.64. The molecule has 1 rings (SSSR count). The Balaban J connectivity index is 1.90. The maximum atomic E-state index is 5.64. The van der Waals surface area contributed by atoms with Gasteiger partial charge in [-0.3, -0.25) is 0 Å². The smallest absolute Gasteiger partial charge is 0.0576 e. The molecule has 0 heterocycles. The van der Waals surface area contributed by atoms with Crippen molar-refractivity contribution in [3.63, 3.8) is 0 Å². The standard InChI is InChI=1S/C17H27O/c1-3-11-16(2)18-15-10-5-4-7-12-17-13-8-6-9-14-17/h6,8-9,13-14,16H,2-5,7,10-12,15H2,1H3. The quantitative estimate of drug-likeness (QED) is 0.539. The molecule has 0 N–H and O–H groups in total. The Bertz CT molecular complexity index is 281. The first-order chi connectivity index (χ1) is 8.83. The zero-order chi connectivity index (χ0) is 13.1. The van der Waals surface area contributed by atoms with E-state index in [2.05, 4.69) is 44.2 Å². The minimum Gasteiger partial charge on any atom is -0.378 e. The van der Waals surface area contributed by atoms with Gasteiger partial charge < -0.3 is 4.74 Å². The van der Waals surface area contributed by atoms with Crippen molar-refractivity contribution < 1.29 is 4.74 Å². The fourth-order valence-electron chi connectivity index (χ4n) is 2.08. The molecule has 1 radical (unpaired) electrons. The Kier molecular flexibility index (Phi) is 8.58. The Labute approximate surface area is 113 Å². The first-order valence-electron chi connectivity index (χ1n) is 7.31. The zero-order valence-electron chi connectivity index (χ0n) is 11.7. The van der Waals surface area contributed by atoms with Crippen LogP contribution in [0.15, 0.2) is 30.3 Å². The average molecular weight is 247 g/mol. The number of rotatable bonds is 10. The second kappa shape index (κ2) is 10.1. The van der Waals surface area contributed by atoms with Crippen molar-refractivity contribution >= 4 is 0 Å². The van der Waals surface area contributed by atoms with Gasteiger partial charge in [-0.25, -0.2) is 0 Å². The van der Waals surface area contributed by atoms with Crippen LogP contribution < -0.4 is 0 Å². The number of aryl methyl sites for hydroxylation is 1. The molecule has 0 fully saturated rings. The van der Waals surface area contributed by atoms with E-state index in [1.807, 2.05) is 0 Å². The van der Waals surface area contributed by atoms with Gasteiger partial charge in [-0.15, -0.1) is 0 Å². The summed E-state index contributed by atoms with van der Waals surface area (Å²) in [5.74, 6) is 0. The van der Waals surface area contributed by atoms with Crippen LogP contribution in [0.4, 0.5) is 0 Å². The van der Waals surface area contributed by atoms with E-state index in [1.165, 1.54) is 37.7 Å². The lowest BCUT2D eigenvalue weighted by atomic mass is 10.1. The highest BCUT2D eigenvalue weighted by atomic mass is 16.5. The number of hydrogen-bond donors (Lipinski definition) is 0. The maximum absolute atomic E-state index is 5.64. The van der Waals surface area contributed by atoms with Crippen molar-refractivity contribution in [2.45, 2.75) is 58.0 Å². The lowest BCUT2D eigenvalue weighted by Gasteiger charge is -2.11. The van der Waals surface area contributed by atoms with Gasteiger partial charge in [0.15, 0.2) is 0 Å². The molecule has 0 aliphatic carbocycles. The predicted octanol–water partition coefficient (Wildman–Crippen LogP) is 4.81. The van der Waals surface area contributed by atoms with E-state index < -0.39 is 0 Å². The van der Waals surface area contributed by atoms with Crippen LogP contribution in [0.3, 0.4) is 0 Å². The molecule has 101 valence electrons. The SMILES string of the molecule is [CH2]C(CCC)OCCCCCCc1ccccc1. The molecule has 0 aliphatic rings. The number of hydrogen-bond acceptors (Lipinski definition) is 1. The summed E-state index contributed by atoms with van der Waals surface area (Å²) in [5.41, 5.74) is 1.45. The van der Waals surface area contributed by atoms with E-state index in [1.54, 1.807) is 0 Å². The molecule has 0 aromatic heterocycles. The van der Waals surface area contributed by atoms with Gasteiger partial charge >= 0.3 is 0 Å². The highest BCUT2D eigenvalue weighted by Crippen LogP contribution is 2.08. The summed E-state index contributed by atoms with van der Waals surface area (Å²) in [6, 6.07) is 10.7. The minimum absolute atomic E-state index is 0.194. The summed E-state index contributed by atoms with van der Waals surface area (Å²) in [7, 11) is 0. The molecule has 1 aromatic rings. The highest BCUT2D eigenvalue weighted by Gasteiger charge is 1.99. The molecular weight excluding hydrogens is 220 g/mol. The predicted molar refractivity (Wildman–Crippen MR) is 78.6 cm³/mol. The van der Waals surface area contributed by atoms with Crippen molar-refractivity contribution in [1.82, 2.24) is 0 Å². The Morgan fingerprint density at radius 3 is 2.50 bits per heavy atom. The molecule has 0 saturated heterocycles. The lowest BCUT2D eigenvalue weighted by molar-refractivity contribution is 0.0740. The molecule has 0 bridgehead atoms. The van der Waals surface area contributed by atoms with Crippen LogP contribution in [-0.4, -0.2) is 12.7 Å². The number of unbranched alkanes of at least 4 members (excludes halogenated alkanes) is 3. The van der Waals surface area contributed by atoms with Crippen molar-refractivity contribution in [2.24, 2.45) is 0 Å². The third-order valence-electron chi connectivity index (χ3n) is 3.17. The maximum Gasteiger partial charge on any atom is 0.0576 e. The first-order valence-corrected chi connectivity index (χ1v) is 7.31. The molecular formula is C17H27O. The summed E-state index contributed by atoms with van der Waals surface area (Å²) in [4.78, 5) is 0. The summed E-state index contributed by atoms with van der Waals surface area (Å²) in [6.07, 6.45) is 8.66. The molecule has 0 spiro atoms. The lowest BCUT2D eigenvalue weighted by Crippen LogP contribution is -2.08. The second-order valence-electron chi connectivity index (χ2n) is 4.93. The van der Waals surface area contributed by atoms with Gasteiger partial charge in [-0.2, -0.15) is 0 Å². The third-order valence-corrected chi connectivity index (χ3v) is 3.17. The van der Waals surface area contributed by atoms with Gasteiger partial charge in [-0.05, 0) is 38.2 Å². The average Bonchev–Trinajstić information content (AvgIpc) is 2.39. The summed E-state index contributed by atoms with van der Waals surface area (Å²) in [5, 5.41) is 0. The van der Waals surface area contributed by atoms with Gasteiger partial charge in [0, 0.05) is 6.61 Å². The van der Waals surface area contributed by atoms with E-state index in [4.69, 9.17) is 4.74 Å². The van der Waals surface area contributed by atoms with Gasteiger partial charge in [0.25, 0.3) is 0 Å². The Morgan fingerprint density at radius 2 is 1.78 bits per heavy atom. The van der Waals surface area contributed by atoms with Crippen molar-refractivity contribution in [3.05, 3.63) is 42.8 Å². The zero-order valence-corrected chi connectivity index (χ0v) is 11.7. The summed E-state index contributed by atoms with van der Waals surface area (Å²) in [6.45, 7) is 7.03. The fourth-order valence-corrected chi connectivity index (χ4v) is 2.08. The van der Waals surface area contributed by atoms with Crippen LogP contribution in [0.5, 0.6) is 0 Å². The third kappa shape index (κ3) is 7.50. The molecule has 0 amide bonds. The molecule has 0 saturated carbocycles. The van der Waals surface area contributed by atoms with E-state index in [9.17, 15) is 0 Å².